The molecule has 0 radical (unpaired) electrons. The van der Waals surface area contributed by atoms with Crippen LogP contribution >= 0.6 is 12.2 Å². The highest BCUT2D eigenvalue weighted by Gasteiger charge is 2.29. The Bertz CT molecular complexity index is 536. The lowest BCUT2D eigenvalue weighted by Crippen LogP contribution is -2.43. The molecule has 1 aliphatic rings. The van der Waals surface area contributed by atoms with Crippen LogP contribution in [0.1, 0.15) is 35.7 Å². The second kappa shape index (κ2) is 6.54. The maximum atomic E-state index is 12.3. The Morgan fingerprint density at radius 2 is 2.00 bits per heavy atom. The first-order valence-electron chi connectivity index (χ1n) is 7.26. The number of nitrogens with one attached hydrogen (secondary N) is 1. The number of hydrogen-bond donors (Lipinski definition) is 2. The minimum atomic E-state index is -0.0618. The van der Waals surface area contributed by atoms with Crippen molar-refractivity contribution in [2.45, 2.75) is 19.8 Å². The molecule has 1 heterocycles. The number of thiocarbonyl (C=S) groups is 1. The second-order valence-electron chi connectivity index (χ2n) is 6.24. The number of benzene rings is 1. The zero-order valence-corrected chi connectivity index (χ0v) is 13.5. The fourth-order valence-corrected chi connectivity index (χ4v) is 2.67. The smallest absolute Gasteiger partial charge is 0.251 e. The monoisotopic (exact) mass is 305 g/mol. The average Bonchev–Trinajstić information content (AvgIpc) is 2.48. The normalized spacial score (nSPS) is 18.2. The van der Waals surface area contributed by atoms with Gasteiger partial charge in [0.15, 0.2) is 0 Å². The van der Waals surface area contributed by atoms with Crippen LogP contribution in [0.15, 0.2) is 24.3 Å². The molecule has 0 aliphatic carbocycles. The van der Waals surface area contributed by atoms with Crippen LogP contribution in [-0.2, 0) is 0 Å². The Hall–Kier alpha value is -1.46. The summed E-state index contributed by atoms with van der Waals surface area (Å²) in [5.41, 5.74) is 7.12. The summed E-state index contributed by atoms with van der Waals surface area (Å²) in [7, 11) is 2.14. The van der Waals surface area contributed by atoms with E-state index in [-0.39, 0.29) is 11.3 Å². The molecule has 0 atom stereocenters. The van der Waals surface area contributed by atoms with Crippen LogP contribution in [0.25, 0.3) is 0 Å². The first-order valence-corrected chi connectivity index (χ1v) is 7.67. The highest BCUT2D eigenvalue weighted by molar-refractivity contribution is 7.80. The maximum absolute atomic E-state index is 12.3. The van der Waals surface area contributed by atoms with Gasteiger partial charge < -0.3 is 16.0 Å². The number of rotatable bonds is 4. The van der Waals surface area contributed by atoms with Gasteiger partial charge in [0.1, 0.15) is 4.99 Å². The highest BCUT2D eigenvalue weighted by Crippen LogP contribution is 2.29. The van der Waals surface area contributed by atoms with Gasteiger partial charge in [-0.3, -0.25) is 4.79 Å². The zero-order valence-electron chi connectivity index (χ0n) is 12.7. The predicted molar refractivity (Wildman–Crippen MR) is 89.5 cm³/mol. The maximum Gasteiger partial charge on any atom is 0.251 e. The van der Waals surface area contributed by atoms with Gasteiger partial charge in [0.2, 0.25) is 0 Å². The number of hydrogen-bond acceptors (Lipinski definition) is 3. The summed E-state index contributed by atoms with van der Waals surface area (Å²) in [6.45, 7) is 5.12. The summed E-state index contributed by atoms with van der Waals surface area (Å²) in [5.74, 6) is -0.0618. The Labute approximate surface area is 131 Å². The van der Waals surface area contributed by atoms with Crippen molar-refractivity contribution < 1.29 is 4.79 Å². The van der Waals surface area contributed by atoms with Crippen molar-refractivity contribution in [2.24, 2.45) is 11.1 Å². The van der Waals surface area contributed by atoms with Crippen molar-refractivity contribution in [3.8, 4) is 0 Å². The van der Waals surface area contributed by atoms with Crippen molar-refractivity contribution in [3.05, 3.63) is 35.4 Å². The number of nitrogens with zero attached hydrogens (tertiary/aromatic N) is 1. The third kappa shape index (κ3) is 4.25. The molecule has 0 spiro atoms. The number of piperidine rings is 1. The van der Waals surface area contributed by atoms with Crippen molar-refractivity contribution in [1.29, 1.82) is 0 Å². The Balaban J connectivity index is 1.95. The fourth-order valence-electron chi connectivity index (χ4n) is 2.54. The van der Waals surface area contributed by atoms with E-state index in [4.69, 9.17) is 18.0 Å². The van der Waals surface area contributed by atoms with Gasteiger partial charge in [0.05, 0.1) is 0 Å². The molecule has 4 nitrogen and oxygen atoms in total. The molecular formula is C16H23N3OS. The van der Waals surface area contributed by atoms with Gasteiger partial charge in [-0.05, 0) is 50.5 Å². The molecule has 1 aromatic carbocycles. The van der Waals surface area contributed by atoms with E-state index < -0.39 is 0 Å². The molecule has 0 unspecified atom stereocenters. The van der Waals surface area contributed by atoms with Gasteiger partial charge in [-0.15, -0.1) is 0 Å². The second-order valence-corrected chi connectivity index (χ2v) is 6.68. The Morgan fingerprint density at radius 1 is 1.38 bits per heavy atom. The number of carbonyl (C=O) groups is 1. The van der Waals surface area contributed by atoms with E-state index in [1.54, 1.807) is 18.2 Å². The predicted octanol–water partition coefficient (Wildman–Crippen LogP) is 1.78. The van der Waals surface area contributed by atoms with Crippen LogP contribution in [0.2, 0.25) is 0 Å². The molecule has 2 rings (SSSR count). The molecule has 0 saturated carbocycles. The van der Waals surface area contributed by atoms with Crippen molar-refractivity contribution >= 4 is 23.1 Å². The first-order chi connectivity index (χ1) is 9.89. The summed E-state index contributed by atoms with van der Waals surface area (Å²) >= 11 is 4.95. The molecule has 3 N–H and O–H groups in total. The number of carbonyl (C=O) groups excluding carboxylic acids is 1. The van der Waals surface area contributed by atoms with Gasteiger partial charge >= 0.3 is 0 Å². The van der Waals surface area contributed by atoms with Crippen LogP contribution in [0, 0.1) is 5.41 Å². The molecule has 1 fully saturated rings. The molecule has 5 heteroatoms. The average molecular weight is 305 g/mol. The van der Waals surface area contributed by atoms with Crippen molar-refractivity contribution in [3.63, 3.8) is 0 Å². The van der Waals surface area contributed by atoms with Crippen molar-refractivity contribution in [1.82, 2.24) is 10.2 Å². The van der Waals surface area contributed by atoms with E-state index in [0.717, 1.165) is 31.5 Å². The van der Waals surface area contributed by atoms with Gasteiger partial charge in [0.25, 0.3) is 5.91 Å². The summed E-state index contributed by atoms with van der Waals surface area (Å²) in [4.78, 5) is 14.9. The topological polar surface area (TPSA) is 58.4 Å². The van der Waals surface area contributed by atoms with Crippen LogP contribution < -0.4 is 11.1 Å². The van der Waals surface area contributed by atoms with E-state index in [9.17, 15) is 4.79 Å². The van der Waals surface area contributed by atoms with Gasteiger partial charge in [-0.2, -0.15) is 0 Å². The number of nitrogens with two attached hydrogens (primary N) is 1. The molecule has 1 saturated heterocycles. The van der Waals surface area contributed by atoms with Gasteiger partial charge in [-0.25, -0.2) is 0 Å². The minimum absolute atomic E-state index is 0.0618. The third-order valence-corrected chi connectivity index (χ3v) is 4.51. The van der Waals surface area contributed by atoms with E-state index in [2.05, 4.69) is 24.2 Å². The van der Waals surface area contributed by atoms with Crippen molar-refractivity contribution in [2.75, 3.05) is 26.7 Å². The molecule has 21 heavy (non-hydrogen) atoms. The molecule has 0 aromatic heterocycles. The summed E-state index contributed by atoms with van der Waals surface area (Å²) in [5, 5.41) is 3.05. The van der Waals surface area contributed by atoms with Crippen LogP contribution in [0.5, 0.6) is 0 Å². The lowest BCUT2D eigenvalue weighted by atomic mass is 9.80. The highest BCUT2D eigenvalue weighted by atomic mass is 32.1. The summed E-state index contributed by atoms with van der Waals surface area (Å²) < 4.78 is 0. The number of amides is 1. The molecule has 1 aliphatic heterocycles. The standard InChI is InChI=1S/C16H23N3OS/c1-16(6-8-19(2)9-7-16)11-18-15(20)13-5-3-4-12(10-13)14(17)21/h3-5,10H,6-9,11H2,1-2H3,(H2,17,21)(H,18,20). The fraction of sp³-hybridized carbons (Fsp3) is 0.500. The zero-order chi connectivity index (χ0) is 15.5. The Kier molecular flexibility index (Phi) is 4.96. The lowest BCUT2D eigenvalue weighted by Gasteiger charge is -2.37. The molecule has 1 amide bonds. The molecule has 1 aromatic rings. The van der Waals surface area contributed by atoms with E-state index in [0.29, 0.717) is 17.1 Å². The van der Waals surface area contributed by atoms with E-state index in [1.165, 1.54) is 0 Å². The van der Waals surface area contributed by atoms with Gasteiger partial charge in [-0.1, -0.05) is 31.3 Å². The first kappa shape index (κ1) is 15.9. The summed E-state index contributed by atoms with van der Waals surface area (Å²) in [6, 6.07) is 7.15. The molecule has 114 valence electrons. The van der Waals surface area contributed by atoms with Gasteiger partial charge in [0, 0.05) is 17.7 Å². The lowest BCUT2D eigenvalue weighted by molar-refractivity contribution is 0.0891. The third-order valence-electron chi connectivity index (χ3n) is 4.28. The quantitative estimate of drug-likeness (QED) is 0.833. The van der Waals surface area contributed by atoms with E-state index >= 15 is 0 Å². The Morgan fingerprint density at radius 3 is 2.62 bits per heavy atom. The van der Waals surface area contributed by atoms with Crippen LogP contribution in [-0.4, -0.2) is 42.5 Å². The summed E-state index contributed by atoms with van der Waals surface area (Å²) in [6.07, 6.45) is 2.22. The molecular weight excluding hydrogens is 282 g/mol. The SMILES string of the molecule is CN1CCC(C)(CNC(=O)c2cccc(C(N)=S)c2)CC1. The number of likely N-dealkylation sites (tertiary alicyclic amines) is 1. The minimum Gasteiger partial charge on any atom is -0.389 e. The van der Waals surface area contributed by atoms with Crippen LogP contribution in [0.4, 0.5) is 0 Å². The van der Waals surface area contributed by atoms with E-state index in [1.807, 2.05) is 6.07 Å². The largest absolute Gasteiger partial charge is 0.389 e. The van der Waals surface area contributed by atoms with Crippen LogP contribution in [0.3, 0.4) is 0 Å². The molecule has 0 bridgehead atoms.